The largest absolute Gasteiger partial charge is 0.380 e. The highest BCUT2D eigenvalue weighted by molar-refractivity contribution is 4.84. The van der Waals surface area contributed by atoms with Crippen molar-refractivity contribution in [1.82, 2.24) is 5.32 Å². The van der Waals surface area contributed by atoms with E-state index in [2.05, 4.69) is 12.2 Å². The van der Waals surface area contributed by atoms with Gasteiger partial charge in [0.05, 0.1) is 6.61 Å². The maximum Gasteiger partial charge on any atom is 0.0619 e. The number of rotatable bonds is 4. The lowest BCUT2D eigenvalue weighted by Gasteiger charge is -2.36. The van der Waals surface area contributed by atoms with Crippen LogP contribution in [-0.4, -0.2) is 25.3 Å². The molecule has 2 heteroatoms. The summed E-state index contributed by atoms with van der Waals surface area (Å²) < 4.78 is 5.56. The summed E-state index contributed by atoms with van der Waals surface area (Å²) in [6, 6.07) is 1.41. The molecular formula is C14H27NO. The first kappa shape index (κ1) is 12.4. The number of ether oxygens (including phenoxy) is 1. The molecule has 2 aliphatic rings. The molecule has 0 radical (unpaired) electrons. The van der Waals surface area contributed by atoms with Gasteiger partial charge in [-0.05, 0) is 38.0 Å². The summed E-state index contributed by atoms with van der Waals surface area (Å²) in [6.45, 7) is 4.23. The molecule has 1 aliphatic carbocycles. The topological polar surface area (TPSA) is 21.3 Å². The molecule has 3 unspecified atom stereocenters. The maximum absolute atomic E-state index is 5.56. The van der Waals surface area contributed by atoms with E-state index in [1.54, 1.807) is 0 Å². The van der Waals surface area contributed by atoms with Crippen molar-refractivity contribution in [2.24, 2.45) is 5.92 Å². The van der Waals surface area contributed by atoms with Crippen LogP contribution in [0.3, 0.4) is 0 Å². The lowest BCUT2D eigenvalue weighted by atomic mass is 9.81. The van der Waals surface area contributed by atoms with E-state index in [1.807, 2.05) is 0 Å². The van der Waals surface area contributed by atoms with Crippen LogP contribution >= 0.6 is 0 Å². The summed E-state index contributed by atoms with van der Waals surface area (Å²) >= 11 is 0. The molecule has 2 rings (SSSR count). The van der Waals surface area contributed by atoms with Crippen LogP contribution in [0.2, 0.25) is 0 Å². The van der Waals surface area contributed by atoms with Crippen LogP contribution in [-0.2, 0) is 4.74 Å². The van der Waals surface area contributed by atoms with E-state index in [9.17, 15) is 0 Å². The molecule has 1 aliphatic heterocycles. The fraction of sp³-hybridized carbons (Fsp3) is 1.00. The fourth-order valence-corrected chi connectivity index (χ4v) is 3.32. The van der Waals surface area contributed by atoms with Crippen molar-refractivity contribution in [1.29, 1.82) is 0 Å². The van der Waals surface area contributed by atoms with E-state index < -0.39 is 0 Å². The van der Waals surface area contributed by atoms with E-state index in [4.69, 9.17) is 4.74 Å². The first-order valence-electron chi connectivity index (χ1n) is 7.24. The molecular weight excluding hydrogens is 198 g/mol. The van der Waals surface area contributed by atoms with Crippen LogP contribution < -0.4 is 5.32 Å². The van der Waals surface area contributed by atoms with Crippen LogP contribution in [0.5, 0.6) is 0 Å². The van der Waals surface area contributed by atoms with Crippen molar-refractivity contribution in [3.05, 3.63) is 0 Å². The Morgan fingerprint density at radius 2 is 2.00 bits per heavy atom. The summed E-state index contributed by atoms with van der Waals surface area (Å²) in [7, 11) is 0. The van der Waals surface area contributed by atoms with Gasteiger partial charge in [-0.3, -0.25) is 0 Å². The second-order valence-corrected chi connectivity index (χ2v) is 5.52. The summed E-state index contributed by atoms with van der Waals surface area (Å²) in [4.78, 5) is 0. The average Bonchev–Trinajstić information content (AvgIpc) is 2.33. The molecule has 1 heterocycles. The number of hydrogen-bond acceptors (Lipinski definition) is 2. The van der Waals surface area contributed by atoms with Crippen molar-refractivity contribution in [2.45, 2.75) is 70.4 Å². The predicted octanol–water partition coefficient (Wildman–Crippen LogP) is 3.11. The van der Waals surface area contributed by atoms with Crippen LogP contribution in [0.15, 0.2) is 0 Å². The standard InChI is InChI=1S/C14H27NO/c1-2-6-12-7-3-4-9-14(12)15-13-8-5-10-16-11-13/h12-15H,2-11H2,1H3. The van der Waals surface area contributed by atoms with Crippen molar-refractivity contribution in [3.8, 4) is 0 Å². The molecule has 3 atom stereocenters. The lowest BCUT2D eigenvalue weighted by molar-refractivity contribution is 0.0591. The molecule has 0 aromatic carbocycles. The number of hydrogen-bond donors (Lipinski definition) is 1. The molecule has 94 valence electrons. The highest BCUT2D eigenvalue weighted by atomic mass is 16.5. The minimum atomic E-state index is 0.635. The third-order valence-electron chi connectivity index (χ3n) is 4.18. The minimum absolute atomic E-state index is 0.635. The minimum Gasteiger partial charge on any atom is -0.380 e. The zero-order valence-electron chi connectivity index (χ0n) is 10.7. The smallest absolute Gasteiger partial charge is 0.0619 e. The first-order chi connectivity index (χ1) is 7.90. The molecule has 0 spiro atoms. The molecule has 1 saturated heterocycles. The summed E-state index contributed by atoms with van der Waals surface area (Å²) in [6.07, 6.45) is 11.0. The summed E-state index contributed by atoms with van der Waals surface area (Å²) in [5, 5.41) is 3.87. The highest BCUT2D eigenvalue weighted by Gasteiger charge is 2.26. The van der Waals surface area contributed by atoms with E-state index in [0.29, 0.717) is 6.04 Å². The highest BCUT2D eigenvalue weighted by Crippen LogP contribution is 2.28. The molecule has 0 aromatic heterocycles. The van der Waals surface area contributed by atoms with Gasteiger partial charge in [0.1, 0.15) is 0 Å². The zero-order valence-corrected chi connectivity index (χ0v) is 10.7. The van der Waals surface area contributed by atoms with Gasteiger partial charge in [0.2, 0.25) is 0 Å². The van der Waals surface area contributed by atoms with Crippen molar-refractivity contribution >= 4 is 0 Å². The lowest BCUT2D eigenvalue weighted by Crippen LogP contribution is -2.47. The van der Waals surface area contributed by atoms with Gasteiger partial charge in [0.15, 0.2) is 0 Å². The molecule has 0 bridgehead atoms. The molecule has 16 heavy (non-hydrogen) atoms. The van der Waals surface area contributed by atoms with Gasteiger partial charge in [-0.15, -0.1) is 0 Å². The van der Waals surface area contributed by atoms with Gasteiger partial charge in [-0.2, -0.15) is 0 Å². The molecule has 2 nitrogen and oxygen atoms in total. The zero-order chi connectivity index (χ0) is 11.2. The maximum atomic E-state index is 5.56. The second-order valence-electron chi connectivity index (χ2n) is 5.52. The fourth-order valence-electron chi connectivity index (χ4n) is 3.32. The Balaban J connectivity index is 1.80. The molecule has 1 N–H and O–H groups in total. The normalized spacial score (nSPS) is 36.2. The molecule has 2 fully saturated rings. The Hall–Kier alpha value is -0.0800. The van der Waals surface area contributed by atoms with E-state index in [0.717, 1.165) is 25.2 Å². The number of nitrogens with one attached hydrogen (secondary N) is 1. The van der Waals surface area contributed by atoms with Crippen LogP contribution in [0, 0.1) is 5.92 Å². The molecule has 0 aromatic rings. The Labute approximate surface area is 100 Å². The van der Waals surface area contributed by atoms with Crippen molar-refractivity contribution < 1.29 is 4.74 Å². The molecule has 1 saturated carbocycles. The summed E-state index contributed by atoms with van der Waals surface area (Å²) in [5.41, 5.74) is 0. The van der Waals surface area contributed by atoms with Gasteiger partial charge < -0.3 is 10.1 Å². The van der Waals surface area contributed by atoms with E-state index in [1.165, 1.54) is 51.4 Å². The monoisotopic (exact) mass is 225 g/mol. The van der Waals surface area contributed by atoms with Crippen LogP contribution in [0.4, 0.5) is 0 Å². The van der Waals surface area contributed by atoms with Gasteiger partial charge in [-0.1, -0.05) is 26.2 Å². The quantitative estimate of drug-likeness (QED) is 0.794. The SMILES string of the molecule is CCCC1CCCCC1NC1CCCOC1. The third kappa shape index (κ3) is 3.46. The van der Waals surface area contributed by atoms with E-state index in [-0.39, 0.29) is 0 Å². The van der Waals surface area contributed by atoms with Gasteiger partial charge in [0.25, 0.3) is 0 Å². The molecule has 0 amide bonds. The van der Waals surface area contributed by atoms with Crippen molar-refractivity contribution in [3.63, 3.8) is 0 Å². The van der Waals surface area contributed by atoms with Gasteiger partial charge in [0, 0.05) is 18.7 Å². The van der Waals surface area contributed by atoms with Crippen LogP contribution in [0.1, 0.15) is 58.3 Å². The van der Waals surface area contributed by atoms with Gasteiger partial charge in [-0.25, -0.2) is 0 Å². The van der Waals surface area contributed by atoms with Crippen molar-refractivity contribution in [2.75, 3.05) is 13.2 Å². The van der Waals surface area contributed by atoms with Crippen LogP contribution in [0.25, 0.3) is 0 Å². The average molecular weight is 225 g/mol. The first-order valence-corrected chi connectivity index (χ1v) is 7.24. The Bertz CT molecular complexity index is 187. The van der Waals surface area contributed by atoms with E-state index >= 15 is 0 Å². The Morgan fingerprint density at radius 3 is 2.75 bits per heavy atom. The summed E-state index contributed by atoms with van der Waals surface area (Å²) in [5.74, 6) is 0.931. The predicted molar refractivity (Wildman–Crippen MR) is 67.6 cm³/mol. The second kappa shape index (κ2) is 6.61. The van der Waals surface area contributed by atoms with Gasteiger partial charge >= 0.3 is 0 Å². The Kier molecular flexibility index (Phi) is 5.11. The third-order valence-corrected chi connectivity index (χ3v) is 4.18. The Morgan fingerprint density at radius 1 is 1.12 bits per heavy atom.